The molecular formula is C28H31N3O4. The zero-order valence-electron chi connectivity index (χ0n) is 19.7. The Morgan fingerprint density at radius 2 is 1.57 bits per heavy atom. The predicted octanol–water partition coefficient (Wildman–Crippen LogP) is 4.43. The van der Waals surface area contributed by atoms with Gasteiger partial charge in [0.05, 0.1) is 0 Å². The highest BCUT2D eigenvalue weighted by Gasteiger charge is 2.22. The van der Waals surface area contributed by atoms with Crippen LogP contribution in [0.25, 0.3) is 10.8 Å². The average molecular weight is 474 g/mol. The first kappa shape index (κ1) is 23.3. The van der Waals surface area contributed by atoms with Crippen LogP contribution in [0.1, 0.15) is 52.8 Å². The van der Waals surface area contributed by atoms with E-state index in [2.05, 4.69) is 15.7 Å². The lowest BCUT2D eigenvalue weighted by atomic mass is 10.0. The van der Waals surface area contributed by atoms with Crippen molar-refractivity contribution in [3.63, 3.8) is 0 Å². The molecule has 0 radical (unpaired) electrons. The predicted molar refractivity (Wildman–Crippen MR) is 135 cm³/mol. The number of hydroxylamine groups is 1. The largest absolute Gasteiger partial charge is 0.371 e. The number of piperidine rings is 1. The molecule has 7 heteroatoms. The van der Waals surface area contributed by atoms with Gasteiger partial charge in [-0.25, -0.2) is 10.3 Å². The number of amides is 2. The summed E-state index contributed by atoms with van der Waals surface area (Å²) in [6.45, 7) is 2.35. The summed E-state index contributed by atoms with van der Waals surface area (Å²) in [6.07, 6.45) is 4.24. The van der Waals surface area contributed by atoms with Gasteiger partial charge in [-0.3, -0.25) is 9.59 Å². The molecule has 1 atom stereocenters. The molecule has 2 fully saturated rings. The van der Waals surface area contributed by atoms with Crippen LogP contribution in [0.3, 0.4) is 0 Å². The molecule has 182 valence electrons. The number of nitrogens with one attached hydrogen (secondary N) is 2. The second kappa shape index (κ2) is 10.9. The van der Waals surface area contributed by atoms with E-state index >= 15 is 0 Å². The van der Waals surface area contributed by atoms with Crippen LogP contribution in [0.5, 0.6) is 0 Å². The third-order valence-electron chi connectivity index (χ3n) is 6.76. The number of rotatable bonds is 6. The molecule has 1 unspecified atom stereocenters. The van der Waals surface area contributed by atoms with E-state index in [1.165, 1.54) is 0 Å². The Labute approximate surface area is 205 Å². The number of nitrogens with zero attached hydrogens (tertiary/aromatic N) is 1. The summed E-state index contributed by atoms with van der Waals surface area (Å²) in [5.74, 6) is -0.300. The standard InChI is InChI=1S/C28H31N3O4/c32-27(23-9-8-20-5-1-2-6-22(20)19-23)29-24-14-16-31(17-15-24)25-12-10-21(11-13-25)28(33)30-35-26-7-3-4-18-34-26/h1-2,5-6,8-13,19,24,26H,3-4,7,14-18H2,(H,29,32)(H,30,33). The minimum atomic E-state index is -0.366. The molecule has 2 saturated heterocycles. The second-order valence-corrected chi connectivity index (χ2v) is 9.19. The van der Waals surface area contributed by atoms with E-state index in [1.807, 2.05) is 66.7 Å². The first-order chi connectivity index (χ1) is 17.2. The van der Waals surface area contributed by atoms with Crippen LogP contribution in [-0.4, -0.2) is 43.8 Å². The molecule has 3 aromatic rings. The molecule has 2 aliphatic rings. The third-order valence-corrected chi connectivity index (χ3v) is 6.76. The monoisotopic (exact) mass is 473 g/mol. The van der Waals surface area contributed by atoms with Crippen molar-refractivity contribution in [2.24, 2.45) is 0 Å². The smallest absolute Gasteiger partial charge is 0.274 e. The van der Waals surface area contributed by atoms with Gasteiger partial charge in [0, 0.05) is 49.0 Å². The second-order valence-electron chi connectivity index (χ2n) is 9.19. The summed E-state index contributed by atoms with van der Waals surface area (Å²) < 4.78 is 5.47. The zero-order chi connectivity index (χ0) is 24.0. The van der Waals surface area contributed by atoms with Crippen molar-refractivity contribution in [1.82, 2.24) is 10.8 Å². The van der Waals surface area contributed by atoms with Crippen molar-refractivity contribution in [2.45, 2.75) is 44.4 Å². The molecule has 0 bridgehead atoms. The van der Waals surface area contributed by atoms with Crippen LogP contribution in [-0.2, 0) is 9.57 Å². The molecule has 0 aliphatic carbocycles. The molecule has 0 spiro atoms. The van der Waals surface area contributed by atoms with Crippen LogP contribution >= 0.6 is 0 Å². The van der Waals surface area contributed by atoms with Crippen molar-refractivity contribution in [1.29, 1.82) is 0 Å². The van der Waals surface area contributed by atoms with Gasteiger partial charge in [0.1, 0.15) is 0 Å². The van der Waals surface area contributed by atoms with E-state index in [0.717, 1.165) is 61.7 Å². The van der Waals surface area contributed by atoms with Gasteiger partial charge in [0.15, 0.2) is 6.29 Å². The quantitative estimate of drug-likeness (QED) is 0.518. The van der Waals surface area contributed by atoms with E-state index in [0.29, 0.717) is 17.7 Å². The summed E-state index contributed by atoms with van der Waals surface area (Å²) >= 11 is 0. The lowest BCUT2D eigenvalue weighted by Crippen LogP contribution is -2.44. The van der Waals surface area contributed by atoms with Gasteiger partial charge in [-0.2, -0.15) is 0 Å². The SMILES string of the molecule is O=C(NOC1CCCCO1)c1ccc(N2CCC(NC(=O)c3ccc4ccccc4c3)CC2)cc1. The van der Waals surface area contributed by atoms with Crippen LogP contribution in [0, 0.1) is 0 Å². The highest BCUT2D eigenvalue weighted by molar-refractivity contribution is 5.98. The van der Waals surface area contributed by atoms with Gasteiger partial charge in [0.25, 0.3) is 11.8 Å². The molecule has 2 amide bonds. The van der Waals surface area contributed by atoms with Crippen molar-refractivity contribution in [3.8, 4) is 0 Å². The normalized spacial score (nSPS) is 18.9. The fourth-order valence-electron chi connectivity index (χ4n) is 4.69. The van der Waals surface area contributed by atoms with Crippen LogP contribution in [0.2, 0.25) is 0 Å². The average Bonchev–Trinajstić information content (AvgIpc) is 2.92. The summed E-state index contributed by atoms with van der Waals surface area (Å²) in [6, 6.07) is 21.6. The fourth-order valence-corrected chi connectivity index (χ4v) is 4.69. The maximum absolute atomic E-state index is 12.8. The maximum Gasteiger partial charge on any atom is 0.274 e. The third kappa shape index (κ3) is 5.81. The first-order valence-corrected chi connectivity index (χ1v) is 12.4. The first-order valence-electron chi connectivity index (χ1n) is 12.4. The fraction of sp³-hybridized carbons (Fsp3) is 0.357. The Morgan fingerprint density at radius 3 is 2.31 bits per heavy atom. The van der Waals surface area contributed by atoms with Crippen LogP contribution < -0.4 is 15.7 Å². The van der Waals surface area contributed by atoms with E-state index in [4.69, 9.17) is 9.57 Å². The molecule has 7 nitrogen and oxygen atoms in total. The zero-order valence-corrected chi connectivity index (χ0v) is 19.7. The van der Waals surface area contributed by atoms with Gasteiger partial charge in [-0.1, -0.05) is 30.3 Å². The Balaban J connectivity index is 1.10. The molecular weight excluding hydrogens is 442 g/mol. The molecule has 2 N–H and O–H groups in total. The minimum Gasteiger partial charge on any atom is -0.371 e. The number of hydrogen-bond donors (Lipinski definition) is 2. The Bertz CT molecular complexity index is 1170. The van der Waals surface area contributed by atoms with Gasteiger partial charge in [-0.05, 0) is 72.9 Å². The van der Waals surface area contributed by atoms with E-state index < -0.39 is 0 Å². The molecule has 0 saturated carbocycles. The Kier molecular flexibility index (Phi) is 7.25. The maximum atomic E-state index is 12.8. The number of carbonyl (C=O) groups is 2. The van der Waals surface area contributed by atoms with Gasteiger partial charge >= 0.3 is 0 Å². The Morgan fingerprint density at radius 1 is 0.829 bits per heavy atom. The van der Waals surface area contributed by atoms with Crippen LogP contribution in [0.15, 0.2) is 66.7 Å². The molecule has 35 heavy (non-hydrogen) atoms. The highest BCUT2D eigenvalue weighted by atomic mass is 16.8. The van der Waals surface area contributed by atoms with Gasteiger partial charge < -0.3 is 15.0 Å². The Hall–Kier alpha value is -3.42. The lowest BCUT2D eigenvalue weighted by molar-refractivity contribution is -0.186. The van der Waals surface area contributed by atoms with E-state index in [-0.39, 0.29) is 24.1 Å². The topological polar surface area (TPSA) is 79.9 Å². The number of ether oxygens (including phenoxy) is 1. The number of hydrogen-bond acceptors (Lipinski definition) is 5. The lowest BCUT2D eigenvalue weighted by Gasteiger charge is -2.34. The van der Waals surface area contributed by atoms with Gasteiger partial charge in [0.2, 0.25) is 0 Å². The van der Waals surface area contributed by atoms with Crippen molar-refractivity contribution in [3.05, 3.63) is 77.9 Å². The van der Waals surface area contributed by atoms with Crippen molar-refractivity contribution in [2.75, 3.05) is 24.6 Å². The summed E-state index contributed by atoms with van der Waals surface area (Å²) in [5, 5.41) is 5.40. The molecule has 2 heterocycles. The number of fused-ring (bicyclic) bond motifs is 1. The molecule has 5 rings (SSSR count). The summed E-state index contributed by atoms with van der Waals surface area (Å²) in [5.41, 5.74) is 4.80. The number of anilines is 1. The minimum absolute atomic E-state index is 0.0228. The highest BCUT2D eigenvalue weighted by Crippen LogP contribution is 2.22. The number of carbonyl (C=O) groups excluding carboxylic acids is 2. The van der Waals surface area contributed by atoms with Gasteiger partial charge in [-0.15, -0.1) is 0 Å². The van der Waals surface area contributed by atoms with E-state index in [9.17, 15) is 9.59 Å². The van der Waals surface area contributed by atoms with E-state index in [1.54, 1.807) is 0 Å². The molecule has 0 aromatic heterocycles. The molecule has 2 aliphatic heterocycles. The van der Waals surface area contributed by atoms with Crippen LogP contribution in [0.4, 0.5) is 5.69 Å². The van der Waals surface area contributed by atoms with Crippen molar-refractivity contribution >= 4 is 28.3 Å². The summed E-state index contributed by atoms with van der Waals surface area (Å²) in [7, 11) is 0. The molecule has 3 aromatic carbocycles. The number of benzene rings is 3. The summed E-state index contributed by atoms with van der Waals surface area (Å²) in [4.78, 5) is 32.8. The van der Waals surface area contributed by atoms with Crippen molar-refractivity contribution < 1.29 is 19.2 Å².